The summed E-state index contributed by atoms with van der Waals surface area (Å²) in [6.07, 6.45) is 8.04. The molecule has 0 bridgehead atoms. The normalized spacial score (nSPS) is 22.8. The maximum atomic E-state index is 6.32. The zero-order valence-corrected chi connectivity index (χ0v) is 14.8. The molecule has 1 aliphatic heterocycles. The standard InChI is InChI=1S/C18H22N2.C4H8/c1-20-13-12-17(19)14-18(20,15-8-4-2-5-9-15)16-10-6-3-7-11-16;1-2-4-3-1/h2-11,17H,12-14,19H2,1H3;1-4H2. The SMILES string of the molecule is C1CCC1.CN1CCC(N)CC1(c1ccccc1)c1ccccc1. The average Bonchev–Trinajstić information content (AvgIpc) is 2.57. The van der Waals surface area contributed by atoms with Crippen LogP contribution in [0.3, 0.4) is 0 Å². The van der Waals surface area contributed by atoms with Crippen LogP contribution in [0.2, 0.25) is 0 Å². The van der Waals surface area contributed by atoms with E-state index in [2.05, 4.69) is 72.6 Å². The molecule has 1 saturated heterocycles. The zero-order valence-electron chi connectivity index (χ0n) is 14.8. The summed E-state index contributed by atoms with van der Waals surface area (Å²) in [5, 5.41) is 0. The van der Waals surface area contributed by atoms with Crippen LogP contribution in [0.25, 0.3) is 0 Å². The summed E-state index contributed by atoms with van der Waals surface area (Å²) in [5.41, 5.74) is 8.90. The molecule has 2 fully saturated rings. The van der Waals surface area contributed by atoms with E-state index in [-0.39, 0.29) is 11.6 Å². The Labute approximate surface area is 146 Å². The Balaban J connectivity index is 0.000000370. The first kappa shape index (κ1) is 17.2. The molecule has 0 radical (unpaired) electrons. The second-order valence-electron chi connectivity index (χ2n) is 7.18. The third kappa shape index (κ3) is 3.55. The number of nitrogens with two attached hydrogens (primary N) is 1. The fourth-order valence-corrected chi connectivity index (χ4v) is 3.71. The molecule has 1 saturated carbocycles. The number of likely N-dealkylation sites (tertiary alicyclic amines) is 1. The second-order valence-corrected chi connectivity index (χ2v) is 7.18. The van der Waals surface area contributed by atoms with Gasteiger partial charge in [0, 0.05) is 12.6 Å². The summed E-state index contributed by atoms with van der Waals surface area (Å²) in [4.78, 5) is 2.46. The van der Waals surface area contributed by atoms with Gasteiger partial charge in [-0.3, -0.25) is 4.90 Å². The lowest BCUT2D eigenvalue weighted by Gasteiger charge is -2.48. The number of hydrogen-bond acceptors (Lipinski definition) is 2. The molecule has 2 aromatic rings. The van der Waals surface area contributed by atoms with E-state index in [1.54, 1.807) is 0 Å². The minimum absolute atomic E-state index is 0.0970. The predicted octanol–water partition coefficient (Wildman–Crippen LogP) is 4.54. The maximum Gasteiger partial charge on any atom is 0.0727 e. The molecule has 1 heterocycles. The van der Waals surface area contributed by atoms with Crippen molar-refractivity contribution in [1.29, 1.82) is 0 Å². The highest BCUT2D eigenvalue weighted by atomic mass is 15.2. The molecule has 0 amide bonds. The highest BCUT2D eigenvalue weighted by molar-refractivity contribution is 5.39. The molecule has 2 aliphatic rings. The number of hydrogen-bond donors (Lipinski definition) is 1. The van der Waals surface area contributed by atoms with Gasteiger partial charge in [-0.1, -0.05) is 86.3 Å². The van der Waals surface area contributed by atoms with Gasteiger partial charge in [0.25, 0.3) is 0 Å². The van der Waals surface area contributed by atoms with Crippen molar-refractivity contribution in [2.45, 2.75) is 50.1 Å². The van der Waals surface area contributed by atoms with E-state index in [0.717, 1.165) is 19.4 Å². The lowest BCUT2D eigenvalue weighted by Crippen LogP contribution is -2.53. The van der Waals surface area contributed by atoms with Crippen LogP contribution in [0.15, 0.2) is 60.7 Å². The van der Waals surface area contributed by atoms with Crippen molar-refractivity contribution >= 4 is 0 Å². The van der Waals surface area contributed by atoms with Crippen molar-refractivity contribution in [3.05, 3.63) is 71.8 Å². The lowest BCUT2D eigenvalue weighted by molar-refractivity contribution is 0.0962. The Morgan fingerprint density at radius 3 is 1.71 bits per heavy atom. The minimum Gasteiger partial charge on any atom is -0.328 e. The van der Waals surface area contributed by atoms with Crippen molar-refractivity contribution in [1.82, 2.24) is 4.90 Å². The van der Waals surface area contributed by atoms with Crippen LogP contribution in [0.5, 0.6) is 0 Å². The molecule has 4 rings (SSSR count). The van der Waals surface area contributed by atoms with Gasteiger partial charge in [-0.15, -0.1) is 0 Å². The minimum atomic E-state index is -0.0970. The molecular weight excluding hydrogens is 292 g/mol. The third-order valence-corrected chi connectivity index (χ3v) is 5.55. The van der Waals surface area contributed by atoms with Crippen LogP contribution in [-0.4, -0.2) is 24.5 Å². The Morgan fingerprint density at radius 1 is 0.833 bits per heavy atom. The predicted molar refractivity (Wildman–Crippen MR) is 102 cm³/mol. The van der Waals surface area contributed by atoms with Crippen LogP contribution in [0.1, 0.15) is 49.7 Å². The van der Waals surface area contributed by atoms with Gasteiger partial charge in [0.05, 0.1) is 5.54 Å². The molecule has 1 unspecified atom stereocenters. The van der Waals surface area contributed by atoms with Gasteiger partial charge < -0.3 is 5.73 Å². The van der Waals surface area contributed by atoms with Crippen molar-refractivity contribution in [2.24, 2.45) is 5.73 Å². The smallest absolute Gasteiger partial charge is 0.0727 e. The highest BCUT2D eigenvalue weighted by Gasteiger charge is 2.42. The quantitative estimate of drug-likeness (QED) is 0.879. The summed E-state index contributed by atoms with van der Waals surface area (Å²) < 4.78 is 0. The molecule has 0 spiro atoms. The van der Waals surface area contributed by atoms with Crippen molar-refractivity contribution in [3.8, 4) is 0 Å². The van der Waals surface area contributed by atoms with Crippen molar-refractivity contribution in [3.63, 3.8) is 0 Å². The van der Waals surface area contributed by atoms with E-state index in [1.807, 2.05) is 0 Å². The van der Waals surface area contributed by atoms with Crippen LogP contribution < -0.4 is 5.73 Å². The first-order chi connectivity index (χ1) is 11.7. The molecule has 24 heavy (non-hydrogen) atoms. The fourth-order valence-electron chi connectivity index (χ4n) is 3.71. The molecular formula is C22H30N2. The van der Waals surface area contributed by atoms with Crippen LogP contribution in [-0.2, 0) is 5.54 Å². The Kier molecular flexibility index (Phi) is 5.70. The number of rotatable bonds is 2. The van der Waals surface area contributed by atoms with E-state index in [0.29, 0.717) is 0 Å². The third-order valence-electron chi connectivity index (χ3n) is 5.55. The topological polar surface area (TPSA) is 29.3 Å². The van der Waals surface area contributed by atoms with Crippen LogP contribution in [0, 0.1) is 0 Å². The van der Waals surface area contributed by atoms with Gasteiger partial charge in [-0.2, -0.15) is 0 Å². The summed E-state index contributed by atoms with van der Waals surface area (Å²) in [5.74, 6) is 0. The summed E-state index contributed by atoms with van der Waals surface area (Å²) >= 11 is 0. The molecule has 2 heteroatoms. The number of nitrogens with zero attached hydrogens (tertiary/aromatic N) is 1. The van der Waals surface area contributed by atoms with Gasteiger partial charge in [-0.25, -0.2) is 0 Å². The molecule has 2 N–H and O–H groups in total. The van der Waals surface area contributed by atoms with Crippen LogP contribution >= 0.6 is 0 Å². The van der Waals surface area contributed by atoms with Gasteiger partial charge >= 0.3 is 0 Å². The van der Waals surface area contributed by atoms with Gasteiger partial charge in [0.1, 0.15) is 0 Å². The van der Waals surface area contributed by atoms with E-state index in [1.165, 1.54) is 36.8 Å². The fraction of sp³-hybridized carbons (Fsp3) is 0.455. The highest BCUT2D eigenvalue weighted by Crippen LogP contribution is 2.41. The Morgan fingerprint density at radius 2 is 1.29 bits per heavy atom. The summed E-state index contributed by atoms with van der Waals surface area (Å²) in [6, 6.07) is 21.8. The molecule has 128 valence electrons. The van der Waals surface area contributed by atoms with E-state index in [9.17, 15) is 0 Å². The largest absolute Gasteiger partial charge is 0.328 e. The Hall–Kier alpha value is -1.64. The number of piperidine rings is 1. The lowest BCUT2D eigenvalue weighted by atomic mass is 9.74. The van der Waals surface area contributed by atoms with Crippen molar-refractivity contribution in [2.75, 3.05) is 13.6 Å². The van der Waals surface area contributed by atoms with Gasteiger partial charge in [-0.05, 0) is 31.0 Å². The van der Waals surface area contributed by atoms with E-state index in [4.69, 9.17) is 5.73 Å². The molecule has 2 aromatic carbocycles. The van der Waals surface area contributed by atoms with E-state index >= 15 is 0 Å². The number of benzene rings is 2. The van der Waals surface area contributed by atoms with Crippen LogP contribution in [0.4, 0.5) is 0 Å². The zero-order chi connectivity index (χ0) is 16.8. The molecule has 1 aliphatic carbocycles. The molecule has 1 atom stereocenters. The van der Waals surface area contributed by atoms with Crippen molar-refractivity contribution < 1.29 is 0 Å². The average molecular weight is 322 g/mol. The summed E-state index contributed by atoms with van der Waals surface area (Å²) in [6.45, 7) is 1.03. The monoisotopic (exact) mass is 322 g/mol. The second kappa shape index (κ2) is 7.96. The van der Waals surface area contributed by atoms with Gasteiger partial charge in [0.15, 0.2) is 0 Å². The summed E-state index contributed by atoms with van der Waals surface area (Å²) in [7, 11) is 2.21. The maximum absolute atomic E-state index is 6.32. The Bertz CT molecular complexity index is 561. The molecule has 2 nitrogen and oxygen atoms in total. The first-order valence-electron chi connectivity index (χ1n) is 9.31. The first-order valence-corrected chi connectivity index (χ1v) is 9.31. The molecule has 0 aromatic heterocycles. The van der Waals surface area contributed by atoms with Gasteiger partial charge in [0.2, 0.25) is 0 Å². The van der Waals surface area contributed by atoms with E-state index < -0.39 is 0 Å².